The van der Waals surface area contributed by atoms with Gasteiger partial charge >= 0.3 is 12.3 Å². The van der Waals surface area contributed by atoms with E-state index in [-0.39, 0.29) is 85.7 Å². The summed E-state index contributed by atoms with van der Waals surface area (Å²) in [5, 5.41) is 24.4. The van der Waals surface area contributed by atoms with Gasteiger partial charge in [0.25, 0.3) is 35.0 Å². The minimum absolute atomic E-state index is 0.0363. The summed E-state index contributed by atoms with van der Waals surface area (Å²) in [7, 11) is 6.86. The van der Waals surface area contributed by atoms with Gasteiger partial charge in [-0.25, -0.2) is 9.59 Å². The van der Waals surface area contributed by atoms with Crippen LogP contribution in [0.1, 0.15) is 165 Å². The van der Waals surface area contributed by atoms with Crippen LogP contribution in [0, 0.1) is 20.2 Å². The van der Waals surface area contributed by atoms with Crippen LogP contribution >= 0.6 is 21.6 Å². The van der Waals surface area contributed by atoms with Crippen molar-refractivity contribution in [3.63, 3.8) is 0 Å². The van der Waals surface area contributed by atoms with E-state index in [0.717, 1.165) is 51.4 Å². The average molecular weight is 1110 g/mol. The first-order valence-corrected chi connectivity index (χ1v) is 28.9. The number of ether oxygens (including phenoxy) is 6. The molecular formula is C52H74N4O18S2. The molecule has 0 aromatic heterocycles. The van der Waals surface area contributed by atoms with Crippen LogP contribution < -0.4 is 18.9 Å². The van der Waals surface area contributed by atoms with Gasteiger partial charge in [-0.15, -0.1) is 0 Å². The molecule has 24 heteroatoms. The number of hydrogen-bond donors (Lipinski definition) is 0. The lowest BCUT2D eigenvalue weighted by Crippen LogP contribution is -2.32. The van der Waals surface area contributed by atoms with Gasteiger partial charge in [-0.05, 0) is 37.8 Å². The molecule has 0 atom stereocenters. The summed E-state index contributed by atoms with van der Waals surface area (Å²) in [6.07, 6.45) is 20.3. The van der Waals surface area contributed by atoms with E-state index in [1.807, 2.05) is 21.6 Å². The number of carbonyl (C=O) groups excluding carboxylic acids is 6. The normalized spacial score (nSPS) is 13.3. The van der Waals surface area contributed by atoms with E-state index in [1.165, 1.54) is 127 Å². The Bertz CT molecular complexity index is 2030. The van der Waals surface area contributed by atoms with Crippen LogP contribution in [0.4, 0.5) is 21.0 Å². The fourth-order valence-electron chi connectivity index (χ4n) is 8.31. The minimum atomic E-state index is -1.26. The highest BCUT2D eigenvalue weighted by Crippen LogP contribution is 2.37. The summed E-state index contributed by atoms with van der Waals surface area (Å²) in [6.45, 7) is 0.198. The van der Waals surface area contributed by atoms with E-state index in [0.29, 0.717) is 34.8 Å². The molecule has 0 saturated carbocycles. The number of methoxy groups -OCH3 is 2. The Morgan fingerprint density at radius 3 is 1.07 bits per heavy atom. The van der Waals surface area contributed by atoms with Crippen molar-refractivity contribution in [3.05, 3.63) is 55.6 Å². The number of hydroxylamine groups is 4. The maximum absolute atomic E-state index is 11.9. The summed E-state index contributed by atoms with van der Waals surface area (Å²) in [5.74, 6) is 0.970. The Morgan fingerprint density at radius 2 is 0.763 bits per heavy atom. The second kappa shape index (κ2) is 36.1. The van der Waals surface area contributed by atoms with Gasteiger partial charge in [0.2, 0.25) is 0 Å². The number of unbranched alkanes of at least 4 members (excludes halogenated alkanes) is 18. The van der Waals surface area contributed by atoms with E-state index in [1.54, 1.807) is 0 Å². The smallest absolute Gasteiger partial charge is 0.493 e. The van der Waals surface area contributed by atoms with E-state index >= 15 is 0 Å². The number of hydrogen-bond acceptors (Lipinski definition) is 20. The van der Waals surface area contributed by atoms with Crippen molar-refractivity contribution >= 4 is 68.9 Å². The maximum Gasteiger partial charge on any atom is 0.533 e. The highest BCUT2D eigenvalue weighted by atomic mass is 33.1. The van der Waals surface area contributed by atoms with Crippen LogP contribution in [0.5, 0.6) is 23.0 Å². The number of benzene rings is 2. The zero-order chi connectivity index (χ0) is 54.9. The lowest BCUT2D eigenvalue weighted by Gasteiger charge is -2.14. The third kappa shape index (κ3) is 23.1. The predicted octanol–water partition coefficient (Wildman–Crippen LogP) is 11.7. The number of nitro benzene ring substituents is 2. The molecule has 0 N–H and O–H groups in total. The fourth-order valence-corrected chi connectivity index (χ4v) is 10.6. The molecule has 0 aliphatic carbocycles. The number of nitrogens with zero attached hydrogens (tertiary/aromatic N) is 4. The van der Waals surface area contributed by atoms with Crippen LogP contribution in [0.2, 0.25) is 0 Å². The van der Waals surface area contributed by atoms with Crippen LogP contribution in [-0.2, 0) is 51.2 Å². The van der Waals surface area contributed by atoms with Crippen molar-refractivity contribution in [2.24, 2.45) is 0 Å². The Balaban J connectivity index is 0.894. The molecule has 76 heavy (non-hydrogen) atoms. The highest BCUT2D eigenvalue weighted by Gasteiger charge is 2.35. The van der Waals surface area contributed by atoms with Gasteiger partial charge in [-0.1, -0.05) is 134 Å². The first kappa shape index (κ1) is 62.5. The molecule has 2 fully saturated rings. The number of amides is 4. The molecule has 4 rings (SSSR count). The van der Waals surface area contributed by atoms with E-state index < -0.39 is 45.8 Å². The van der Waals surface area contributed by atoms with Crippen LogP contribution in [0.3, 0.4) is 0 Å². The second-order valence-electron chi connectivity index (χ2n) is 18.2. The highest BCUT2D eigenvalue weighted by molar-refractivity contribution is 8.76. The van der Waals surface area contributed by atoms with Gasteiger partial charge in [-0.3, -0.25) is 49.1 Å². The Hall–Kier alpha value is -6.04. The maximum atomic E-state index is 11.9. The van der Waals surface area contributed by atoms with Gasteiger partial charge < -0.3 is 28.4 Å². The number of rotatable bonds is 41. The number of carbonyl (C=O) groups is 6. The fraction of sp³-hybridized carbons (Fsp3) is 0.654. The molecule has 2 aromatic carbocycles. The van der Waals surface area contributed by atoms with Crippen molar-refractivity contribution in [3.8, 4) is 23.0 Å². The van der Waals surface area contributed by atoms with Gasteiger partial charge in [0.1, 0.15) is 0 Å². The lowest BCUT2D eigenvalue weighted by atomic mass is 10.1. The second-order valence-corrected chi connectivity index (χ2v) is 20.9. The molecule has 422 valence electrons. The minimum Gasteiger partial charge on any atom is -0.493 e. The quantitative estimate of drug-likeness (QED) is 0.0149. The van der Waals surface area contributed by atoms with E-state index in [2.05, 4.69) is 9.68 Å². The molecule has 2 aliphatic heterocycles. The first-order valence-electron chi connectivity index (χ1n) is 26.4. The van der Waals surface area contributed by atoms with Crippen molar-refractivity contribution in [1.29, 1.82) is 0 Å². The van der Waals surface area contributed by atoms with Gasteiger partial charge in [0.05, 0.1) is 62.6 Å². The Kier molecular flexibility index (Phi) is 29.7. The average Bonchev–Trinajstić information content (AvgIpc) is 3.89. The molecule has 2 aromatic rings. The van der Waals surface area contributed by atoms with Crippen molar-refractivity contribution in [1.82, 2.24) is 10.1 Å². The van der Waals surface area contributed by atoms with Crippen molar-refractivity contribution in [2.75, 3.05) is 52.2 Å². The van der Waals surface area contributed by atoms with E-state index in [9.17, 15) is 49.0 Å². The molecular weight excluding hydrogens is 1030 g/mol. The largest absolute Gasteiger partial charge is 0.533 e. The first-order chi connectivity index (χ1) is 36.8. The SMILES string of the molecule is COc1cc(CCOC(=O)ON2C(=O)CCC2=O)c([N+](=O)[O-])cc1OCCCCCCCCCCCCSSCCCCCCCCCCCCOc1cc([N+](=O)[O-])c(CCOC(=O)ON2C(=O)CCC2=O)cc1OC. The zero-order valence-corrected chi connectivity index (χ0v) is 45.5. The van der Waals surface area contributed by atoms with Crippen molar-refractivity contribution in [2.45, 2.75) is 167 Å². The number of imide groups is 2. The monoisotopic (exact) mass is 1110 g/mol. The molecule has 2 saturated heterocycles. The molecule has 0 radical (unpaired) electrons. The van der Waals surface area contributed by atoms with Gasteiger partial charge in [-0.2, -0.15) is 0 Å². The van der Waals surface area contributed by atoms with Crippen LogP contribution in [0.15, 0.2) is 24.3 Å². The Morgan fingerprint density at radius 1 is 0.461 bits per heavy atom. The molecule has 22 nitrogen and oxygen atoms in total. The van der Waals surface area contributed by atoms with Gasteiger partial charge in [0, 0.05) is 61.2 Å². The molecule has 0 unspecified atom stereocenters. The summed E-state index contributed by atoms with van der Waals surface area (Å²) in [6, 6.07) is 5.56. The molecule has 2 heterocycles. The summed E-state index contributed by atoms with van der Waals surface area (Å²) >= 11 is 0. The predicted molar refractivity (Wildman–Crippen MR) is 282 cm³/mol. The third-order valence-electron chi connectivity index (χ3n) is 12.5. The van der Waals surface area contributed by atoms with E-state index in [4.69, 9.17) is 28.4 Å². The molecule has 4 amide bonds. The Labute approximate surface area is 451 Å². The third-order valence-corrected chi connectivity index (χ3v) is 15.1. The standard InChI is InChI=1S/C52H74N4O18S2/c1-67-43-35-39(27-31-71-51(61)73-53-47(57)23-24-48(53)58)41(55(63)64)37-45(43)69-29-19-15-11-7-3-5-9-13-17-21-33-75-76-34-22-18-14-10-6-4-8-12-16-20-30-70-46-38-42(56(65)66)40(36-44(46)68-2)28-32-72-52(62)74-54-49(59)25-26-50(54)60/h35-38H,3-34H2,1-2H3. The summed E-state index contributed by atoms with van der Waals surface area (Å²) in [5.41, 5.74) is 0.0801. The van der Waals surface area contributed by atoms with Gasteiger partial charge in [0.15, 0.2) is 23.0 Å². The van der Waals surface area contributed by atoms with Crippen molar-refractivity contribution < 1.29 is 76.7 Å². The van der Waals surface area contributed by atoms with Crippen LogP contribution in [-0.4, -0.2) is 108 Å². The van der Waals surface area contributed by atoms with Crippen LogP contribution in [0.25, 0.3) is 0 Å². The molecule has 0 spiro atoms. The summed E-state index contributed by atoms with van der Waals surface area (Å²) in [4.78, 5) is 102. The lowest BCUT2D eigenvalue weighted by molar-refractivity contribution is -0.385. The molecule has 0 bridgehead atoms. The molecule has 2 aliphatic rings. The summed E-state index contributed by atoms with van der Waals surface area (Å²) < 4.78 is 32.4. The number of nitro groups is 2. The zero-order valence-electron chi connectivity index (χ0n) is 43.9. The topological polar surface area (TPSA) is 269 Å².